The molecule has 5 aromatic rings. The Kier molecular flexibility index (Phi) is 10.2. The van der Waals surface area contributed by atoms with E-state index in [1.807, 2.05) is 24.3 Å². The van der Waals surface area contributed by atoms with E-state index in [9.17, 15) is 28.0 Å². The van der Waals surface area contributed by atoms with Crippen molar-refractivity contribution >= 4 is 51.6 Å². The van der Waals surface area contributed by atoms with E-state index in [0.717, 1.165) is 88.3 Å². The molecule has 3 aliphatic heterocycles. The number of rotatable bonds is 10. The van der Waals surface area contributed by atoms with Crippen LogP contribution in [0.1, 0.15) is 99.8 Å². The van der Waals surface area contributed by atoms with Gasteiger partial charge in [-0.2, -0.15) is 10.2 Å². The first-order valence-electron chi connectivity index (χ1n) is 21.0. The molecule has 16 nitrogen and oxygen atoms in total. The number of fused-ring (bicyclic) bond motifs is 2. The fourth-order valence-corrected chi connectivity index (χ4v) is 9.98. The Hall–Kier alpha value is -5.65. The number of alkyl halides is 2. The van der Waals surface area contributed by atoms with Gasteiger partial charge in [-0.25, -0.2) is 23.1 Å². The molecule has 3 amide bonds. The molecule has 2 N–H and O–H groups in total. The summed E-state index contributed by atoms with van der Waals surface area (Å²) in [6, 6.07) is 7.29. The maximum absolute atomic E-state index is 14.3. The third kappa shape index (κ3) is 7.32. The van der Waals surface area contributed by atoms with Gasteiger partial charge in [0.05, 0.1) is 34.6 Å². The lowest BCUT2D eigenvalue weighted by Crippen LogP contribution is -2.53. The van der Waals surface area contributed by atoms with Crippen molar-refractivity contribution < 1.29 is 23.2 Å². The highest BCUT2D eigenvalue weighted by atomic mass is 19.3. The van der Waals surface area contributed by atoms with Crippen LogP contribution in [0, 0.1) is 11.3 Å². The molecule has 4 aromatic heterocycles. The van der Waals surface area contributed by atoms with Gasteiger partial charge >= 0.3 is 5.69 Å². The molecule has 18 heteroatoms. The summed E-state index contributed by atoms with van der Waals surface area (Å²) in [6.07, 6.45) is 7.69. The summed E-state index contributed by atoms with van der Waals surface area (Å²) in [5.74, 6) is -0.127. The van der Waals surface area contributed by atoms with Gasteiger partial charge in [0.15, 0.2) is 11.3 Å². The maximum Gasteiger partial charge on any atom is 0.329 e. The summed E-state index contributed by atoms with van der Waals surface area (Å²) in [4.78, 5) is 63.1. The van der Waals surface area contributed by atoms with Crippen LogP contribution in [-0.2, 0) is 16.6 Å². The smallest absolute Gasteiger partial charge is 0.329 e. The van der Waals surface area contributed by atoms with E-state index in [-0.39, 0.29) is 40.7 Å². The van der Waals surface area contributed by atoms with Gasteiger partial charge in [-0.05, 0) is 81.5 Å². The standard InChI is InChI=1S/C42H52F2N12O4/c1-42(2)23-53(24-42)33-16-19-54-38(47-33)28(20-45-54)39(58)46-29-22-55(49-35(29)37(43)44)27-10-8-25(9-11-27)21-50(3)26-14-17-52(18-15-26)30-6-5-7-31-36(30)51(4)41(60)56(31)32-12-13-34(57)48-40(32)59/h5-7,16,19-20,22,25-27,32,37H,8-15,17-18,21,23-24H2,1-4H3,(H,46,58)(H,48,57,59)/t25-,27-,32?. The van der Waals surface area contributed by atoms with Crippen molar-refractivity contribution in [1.82, 2.24) is 43.7 Å². The molecule has 1 unspecified atom stereocenters. The van der Waals surface area contributed by atoms with Crippen LogP contribution in [0.2, 0.25) is 0 Å². The first-order valence-corrected chi connectivity index (χ1v) is 21.0. The van der Waals surface area contributed by atoms with Crippen LogP contribution in [0.25, 0.3) is 16.7 Å². The summed E-state index contributed by atoms with van der Waals surface area (Å²) >= 11 is 0. The summed E-state index contributed by atoms with van der Waals surface area (Å²) < 4.78 is 34.9. The third-order valence-corrected chi connectivity index (χ3v) is 13.1. The van der Waals surface area contributed by atoms with Crippen molar-refractivity contribution in [3.8, 4) is 0 Å². The highest BCUT2D eigenvalue weighted by Crippen LogP contribution is 2.37. The molecule has 0 bridgehead atoms. The molecule has 9 rings (SSSR count). The molecule has 318 valence electrons. The number of aryl methyl sites for hydroxylation is 1. The van der Waals surface area contributed by atoms with E-state index in [0.29, 0.717) is 29.5 Å². The number of carbonyl (C=O) groups excluding carboxylic acids is 3. The SMILES string of the molecule is CN(C[C@H]1CC[C@H](n2cc(NC(=O)c3cnn4ccc(N5CC(C)(C)C5)nc34)c(C(F)F)n2)CC1)C1CCN(c2cccc3c2n(C)c(=O)n3C2CCC(=O)NC2=O)CC1. The number of nitrogens with zero attached hydrogens (tertiary/aromatic N) is 10. The van der Waals surface area contributed by atoms with Gasteiger partial charge in [-0.3, -0.25) is 33.5 Å². The number of piperidine rings is 2. The average molecular weight is 827 g/mol. The molecule has 1 aliphatic carbocycles. The number of hydrogen-bond donors (Lipinski definition) is 2. The number of anilines is 3. The summed E-state index contributed by atoms with van der Waals surface area (Å²) in [5.41, 5.74) is 2.45. The molecular formula is C42H52F2N12O4. The first-order chi connectivity index (χ1) is 28.7. The van der Waals surface area contributed by atoms with Crippen LogP contribution in [0.3, 0.4) is 0 Å². The summed E-state index contributed by atoms with van der Waals surface area (Å²) in [6.45, 7) is 8.63. The normalized spacial score (nSPS) is 22.6. The zero-order chi connectivity index (χ0) is 42.0. The lowest BCUT2D eigenvalue weighted by molar-refractivity contribution is -0.135. The molecule has 4 aliphatic rings. The summed E-state index contributed by atoms with van der Waals surface area (Å²) in [5, 5.41) is 13.6. The van der Waals surface area contributed by atoms with Crippen molar-refractivity contribution in [1.29, 1.82) is 0 Å². The highest BCUT2D eigenvalue weighted by Gasteiger charge is 2.36. The Bertz CT molecular complexity index is 2520. The van der Waals surface area contributed by atoms with Crippen LogP contribution in [0.5, 0.6) is 0 Å². The lowest BCUT2D eigenvalue weighted by Gasteiger charge is -2.46. The van der Waals surface area contributed by atoms with Gasteiger partial charge in [-0.1, -0.05) is 19.9 Å². The number of aromatic nitrogens is 7. The van der Waals surface area contributed by atoms with Crippen molar-refractivity contribution in [2.45, 2.75) is 89.8 Å². The molecule has 1 atom stereocenters. The quantitative estimate of drug-likeness (QED) is 0.185. The highest BCUT2D eigenvalue weighted by molar-refractivity contribution is 6.08. The maximum atomic E-state index is 14.3. The van der Waals surface area contributed by atoms with E-state index >= 15 is 0 Å². The number of halogens is 2. The van der Waals surface area contributed by atoms with Gasteiger partial charge in [0.1, 0.15) is 17.4 Å². The number of imide groups is 1. The van der Waals surface area contributed by atoms with Crippen LogP contribution in [0.15, 0.2) is 47.7 Å². The first kappa shape index (κ1) is 39.8. The van der Waals surface area contributed by atoms with E-state index in [1.165, 1.54) is 15.3 Å². The number of amides is 3. The minimum atomic E-state index is -2.86. The second-order valence-electron chi connectivity index (χ2n) is 18.0. The zero-order valence-electron chi connectivity index (χ0n) is 34.5. The number of benzene rings is 1. The van der Waals surface area contributed by atoms with Crippen LogP contribution in [-0.4, -0.2) is 102 Å². The number of imidazole rings is 1. The fourth-order valence-electron chi connectivity index (χ4n) is 9.98. The Morgan fingerprint density at radius 2 is 1.77 bits per heavy atom. The van der Waals surface area contributed by atoms with Gasteiger partial charge in [-0.15, -0.1) is 0 Å². The number of para-hydroxylation sites is 1. The number of nitrogens with one attached hydrogen (secondary N) is 2. The van der Waals surface area contributed by atoms with Gasteiger partial charge in [0.25, 0.3) is 12.3 Å². The van der Waals surface area contributed by atoms with Crippen molar-refractivity contribution in [2.75, 3.05) is 54.9 Å². The number of hydrogen-bond acceptors (Lipinski definition) is 10. The van der Waals surface area contributed by atoms with Crippen molar-refractivity contribution in [3.63, 3.8) is 0 Å². The Labute approximate surface area is 345 Å². The van der Waals surface area contributed by atoms with Gasteiger partial charge in [0, 0.05) is 64.6 Å². The second-order valence-corrected chi connectivity index (χ2v) is 18.0. The van der Waals surface area contributed by atoms with Crippen molar-refractivity contribution in [3.05, 3.63) is 64.6 Å². The second kappa shape index (κ2) is 15.4. The zero-order valence-corrected chi connectivity index (χ0v) is 34.5. The van der Waals surface area contributed by atoms with Gasteiger partial charge in [0.2, 0.25) is 11.8 Å². The molecule has 60 heavy (non-hydrogen) atoms. The van der Waals surface area contributed by atoms with E-state index < -0.39 is 30.0 Å². The predicted octanol–water partition coefficient (Wildman–Crippen LogP) is 4.93. The molecule has 7 heterocycles. The van der Waals surface area contributed by atoms with Crippen LogP contribution < -0.4 is 26.1 Å². The van der Waals surface area contributed by atoms with E-state index in [4.69, 9.17) is 4.98 Å². The van der Waals surface area contributed by atoms with Crippen LogP contribution in [0.4, 0.5) is 26.0 Å². The molecule has 0 spiro atoms. The monoisotopic (exact) mass is 826 g/mol. The molecular weight excluding hydrogens is 775 g/mol. The van der Waals surface area contributed by atoms with Gasteiger partial charge < -0.3 is 20.0 Å². The minimum Gasteiger partial charge on any atom is -0.370 e. The molecule has 4 fully saturated rings. The minimum absolute atomic E-state index is 0.00598. The topological polar surface area (TPSA) is 160 Å². The Balaban J connectivity index is 0.800. The molecule has 1 aromatic carbocycles. The summed E-state index contributed by atoms with van der Waals surface area (Å²) in [7, 11) is 3.92. The third-order valence-electron chi connectivity index (χ3n) is 13.1. The Morgan fingerprint density at radius 1 is 1.02 bits per heavy atom. The lowest BCUT2D eigenvalue weighted by atomic mass is 9.84. The van der Waals surface area contributed by atoms with E-state index in [2.05, 4.69) is 56.4 Å². The van der Waals surface area contributed by atoms with Crippen LogP contribution >= 0.6 is 0 Å². The molecule has 0 radical (unpaired) electrons. The predicted molar refractivity (Wildman–Crippen MR) is 222 cm³/mol. The van der Waals surface area contributed by atoms with Crippen molar-refractivity contribution in [2.24, 2.45) is 18.4 Å². The number of carbonyl (C=O) groups is 3. The molecule has 3 saturated heterocycles. The fraction of sp³-hybridized carbons (Fsp3) is 0.548. The van der Waals surface area contributed by atoms with E-state index in [1.54, 1.807) is 28.7 Å². The largest absolute Gasteiger partial charge is 0.370 e. The average Bonchev–Trinajstić information content (AvgIpc) is 3.91. The molecule has 1 saturated carbocycles. The Morgan fingerprint density at radius 3 is 2.47 bits per heavy atom.